The zero-order chi connectivity index (χ0) is 11.9. The molecular weight excluding hydrogens is 205 g/mol. The molecule has 0 fully saturated rings. The maximum atomic E-state index is 11.8. The fourth-order valence-corrected chi connectivity index (χ4v) is 1.25. The summed E-state index contributed by atoms with van der Waals surface area (Å²) in [6, 6.07) is 0.160. The molecule has 0 aromatic rings. The summed E-state index contributed by atoms with van der Waals surface area (Å²) in [5.74, 6) is 0. The van der Waals surface area contributed by atoms with Gasteiger partial charge in [-0.05, 0) is 33.9 Å². The van der Waals surface area contributed by atoms with Gasteiger partial charge in [-0.1, -0.05) is 0 Å². The Hall–Kier alpha value is -0.290. The van der Waals surface area contributed by atoms with Gasteiger partial charge in [0, 0.05) is 25.6 Å². The van der Waals surface area contributed by atoms with Gasteiger partial charge in [0.05, 0.1) is 0 Å². The van der Waals surface area contributed by atoms with Crippen molar-refractivity contribution in [3.05, 3.63) is 0 Å². The second kappa shape index (κ2) is 7.06. The Morgan fingerprint density at radius 3 is 2.33 bits per heavy atom. The van der Waals surface area contributed by atoms with Crippen molar-refractivity contribution in [2.75, 3.05) is 27.2 Å². The van der Waals surface area contributed by atoms with Gasteiger partial charge in [0.15, 0.2) is 0 Å². The number of rotatable bonds is 7. The average molecular weight is 226 g/mol. The van der Waals surface area contributed by atoms with E-state index in [4.69, 9.17) is 0 Å². The van der Waals surface area contributed by atoms with Crippen LogP contribution in [0.4, 0.5) is 13.2 Å². The zero-order valence-electron chi connectivity index (χ0n) is 9.69. The molecule has 1 N–H and O–H groups in total. The topological polar surface area (TPSA) is 15.3 Å². The predicted octanol–water partition coefficient (Wildman–Crippen LogP) is 2.26. The molecular formula is C10H21F3N2. The van der Waals surface area contributed by atoms with Gasteiger partial charge in [-0.2, -0.15) is 13.2 Å². The van der Waals surface area contributed by atoms with E-state index in [1.54, 1.807) is 0 Å². The molecule has 0 saturated heterocycles. The highest BCUT2D eigenvalue weighted by atomic mass is 19.4. The van der Waals surface area contributed by atoms with Gasteiger partial charge in [0.1, 0.15) is 0 Å². The molecule has 0 radical (unpaired) electrons. The van der Waals surface area contributed by atoms with Crippen LogP contribution in [0.3, 0.4) is 0 Å². The molecule has 92 valence electrons. The summed E-state index contributed by atoms with van der Waals surface area (Å²) in [5, 5.41) is 3.19. The Balaban J connectivity index is 3.37. The number of hydrogen-bond donors (Lipinski definition) is 1. The fourth-order valence-electron chi connectivity index (χ4n) is 1.25. The fraction of sp³-hybridized carbons (Fsp3) is 1.00. The van der Waals surface area contributed by atoms with Crippen molar-refractivity contribution in [1.29, 1.82) is 0 Å². The summed E-state index contributed by atoms with van der Waals surface area (Å²) < 4.78 is 35.5. The highest BCUT2D eigenvalue weighted by Gasteiger charge is 2.26. The number of nitrogens with zero attached hydrogens (tertiary/aromatic N) is 1. The number of halogens is 3. The monoisotopic (exact) mass is 226 g/mol. The lowest BCUT2D eigenvalue weighted by atomic mass is 10.1. The Morgan fingerprint density at radius 2 is 1.87 bits per heavy atom. The lowest BCUT2D eigenvalue weighted by Gasteiger charge is -2.16. The van der Waals surface area contributed by atoms with Gasteiger partial charge in [-0.3, -0.25) is 0 Å². The van der Waals surface area contributed by atoms with Crippen LogP contribution in [0.2, 0.25) is 0 Å². The van der Waals surface area contributed by atoms with E-state index in [1.165, 1.54) is 0 Å². The predicted molar refractivity (Wildman–Crippen MR) is 55.9 cm³/mol. The number of likely N-dealkylation sites (N-methyl/N-ethyl adjacent to an activating group) is 1. The van der Waals surface area contributed by atoms with Crippen LogP contribution in [0.5, 0.6) is 0 Å². The van der Waals surface area contributed by atoms with Gasteiger partial charge >= 0.3 is 6.18 Å². The number of alkyl halides is 3. The molecule has 5 heteroatoms. The molecule has 0 aromatic heterocycles. The molecule has 15 heavy (non-hydrogen) atoms. The molecule has 0 aliphatic carbocycles. The van der Waals surface area contributed by atoms with Crippen LogP contribution in [0.25, 0.3) is 0 Å². The third-order valence-corrected chi connectivity index (χ3v) is 2.15. The summed E-state index contributed by atoms with van der Waals surface area (Å²) in [6.07, 6.45) is -3.90. The standard InChI is InChI=1S/C10H21F3N2/c1-9(14-7-8-15(2)3)5-4-6-10(11,12)13/h9,14H,4-8H2,1-3H3. The molecule has 0 spiro atoms. The Kier molecular flexibility index (Phi) is 6.92. The first-order valence-electron chi connectivity index (χ1n) is 5.26. The van der Waals surface area contributed by atoms with Crippen LogP contribution >= 0.6 is 0 Å². The third kappa shape index (κ3) is 11.6. The van der Waals surface area contributed by atoms with Crippen LogP contribution in [0.1, 0.15) is 26.2 Å². The van der Waals surface area contributed by atoms with Crippen molar-refractivity contribution in [2.24, 2.45) is 0 Å². The maximum Gasteiger partial charge on any atom is 0.389 e. The van der Waals surface area contributed by atoms with E-state index >= 15 is 0 Å². The van der Waals surface area contributed by atoms with Gasteiger partial charge in [0.2, 0.25) is 0 Å². The molecule has 0 aliphatic heterocycles. The summed E-state index contributed by atoms with van der Waals surface area (Å²) in [6.45, 7) is 3.65. The van der Waals surface area contributed by atoms with Crippen molar-refractivity contribution in [1.82, 2.24) is 10.2 Å². The Morgan fingerprint density at radius 1 is 1.27 bits per heavy atom. The van der Waals surface area contributed by atoms with E-state index in [1.807, 2.05) is 25.9 Å². The second-order valence-corrected chi connectivity index (χ2v) is 4.17. The van der Waals surface area contributed by atoms with Gasteiger partial charge < -0.3 is 10.2 Å². The van der Waals surface area contributed by atoms with Gasteiger partial charge in [-0.25, -0.2) is 0 Å². The first-order valence-corrected chi connectivity index (χ1v) is 5.26. The van der Waals surface area contributed by atoms with E-state index in [2.05, 4.69) is 5.32 Å². The van der Waals surface area contributed by atoms with Crippen LogP contribution in [0.15, 0.2) is 0 Å². The van der Waals surface area contributed by atoms with E-state index in [0.29, 0.717) is 6.42 Å². The highest BCUT2D eigenvalue weighted by molar-refractivity contribution is 4.63. The third-order valence-electron chi connectivity index (χ3n) is 2.15. The summed E-state index contributed by atoms with van der Waals surface area (Å²) in [5.41, 5.74) is 0. The summed E-state index contributed by atoms with van der Waals surface area (Å²) in [7, 11) is 3.94. The Bertz CT molecular complexity index is 157. The van der Waals surface area contributed by atoms with E-state index in [-0.39, 0.29) is 12.5 Å². The molecule has 0 aromatic carbocycles. The molecule has 0 heterocycles. The molecule has 0 aliphatic rings. The minimum atomic E-state index is -4.01. The smallest absolute Gasteiger partial charge is 0.313 e. The lowest BCUT2D eigenvalue weighted by Crippen LogP contribution is -2.33. The average Bonchev–Trinajstić information content (AvgIpc) is 2.00. The number of nitrogens with one attached hydrogen (secondary N) is 1. The van der Waals surface area contributed by atoms with Gasteiger partial charge in [0.25, 0.3) is 0 Å². The van der Waals surface area contributed by atoms with Crippen LogP contribution in [-0.2, 0) is 0 Å². The van der Waals surface area contributed by atoms with E-state index in [0.717, 1.165) is 13.1 Å². The molecule has 1 unspecified atom stereocenters. The molecule has 1 atom stereocenters. The minimum absolute atomic E-state index is 0.160. The highest BCUT2D eigenvalue weighted by Crippen LogP contribution is 2.22. The summed E-state index contributed by atoms with van der Waals surface area (Å²) >= 11 is 0. The molecule has 0 saturated carbocycles. The lowest BCUT2D eigenvalue weighted by molar-refractivity contribution is -0.135. The molecule has 0 amide bonds. The van der Waals surface area contributed by atoms with Crippen molar-refractivity contribution in [2.45, 2.75) is 38.4 Å². The van der Waals surface area contributed by atoms with Crippen LogP contribution in [0, 0.1) is 0 Å². The van der Waals surface area contributed by atoms with Crippen LogP contribution in [-0.4, -0.2) is 44.3 Å². The SMILES string of the molecule is CC(CCCC(F)(F)F)NCCN(C)C. The first-order chi connectivity index (χ1) is 6.81. The second-order valence-electron chi connectivity index (χ2n) is 4.17. The van der Waals surface area contributed by atoms with Crippen molar-refractivity contribution < 1.29 is 13.2 Å². The van der Waals surface area contributed by atoms with Crippen LogP contribution < -0.4 is 5.32 Å². The molecule has 0 bridgehead atoms. The first kappa shape index (κ1) is 14.7. The molecule has 2 nitrogen and oxygen atoms in total. The van der Waals surface area contributed by atoms with Gasteiger partial charge in [-0.15, -0.1) is 0 Å². The number of hydrogen-bond acceptors (Lipinski definition) is 2. The Labute approximate surface area is 89.8 Å². The largest absolute Gasteiger partial charge is 0.389 e. The van der Waals surface area contributed by atoms with Crippen molar-refractivity contribution >= 4 is 0 Å². The zero-order valence-corrected chi connectivity index (χ0v) is 9.69. The normalized spacial score (nSPS) is 14.6. The van der Waals surface area contributed by atoms with Crippen molar-refractivity contribution in [3.63, 3.8) is 0 Å². The van der Waals surface area contributed by atoms with E-state index in [9.17, 15) is 13.2 Å². The summed E-state index contributed by atoms with van der Waals surface area (Å²) in [4.78, 5) is 2.04. The molecule has 0 rings (SSSR count). The van der Waals surface area contributed by atoms with E-state index < -0.39 is 12.6 Å². The quantitative estimate of drug-likeness (QED) is 0.716. The minimum Gasteiger partial charge on any atom is -0.313 e. The van der Waals surface area contributed by atoms with Crippen molar-refractivity contribution in [3.8, 4) is 0 Å². The maximum absolute atomic E-state index is 11.8.